The third-order valence-corrected chi connectivity index (χ3v) is 3.87. The van der Waals surface area contributed by atoms with E-state index in [1.165, 1.54) is 17.0 Å². The Morgan fingerprint density at radius 2 is 1.90 bits per heavy atom. The van der Waals surface area contributed by atoms with E-state index in [4.69, 9.17) is 5.11 Å². The Bertz CT molecular complexity index is 478. The number of carbonyl (C=O) groups is 1. The number of non-ortho nitro benzene ring substituents is 1. The summed E-state index contributed by atoms with van der Waals surface area (Å²) in [5, 5.41) is 19.4. The van der Waals surface area contributed by atoms with Gasteiger partial charge in [0.15, 0.2) is 0 Å². The van der Waals surface area contributed by atoms with Gasteiger partial charge in [0.05, 0.1) is 4.92 Å². The smallest absolute Gasteiger partial charge is 0.407 e. The number of hydrogen-bond acceptors (Lipinski definition) is 3. The molecule has 108 valence electrons. The van der Waals surface area contributed by atoms with Gasteiger partial charge in [-0.3, -0.25) is 10.1 Å². The number of nitrogens with zero attached hydrogens (tertiary/aromatic N) is 2. The van der Waals surface area contributed by atoms with Crippen molar-refractivity contribution in [3.05, 3.63) is 39.9 Å². The van der Waals surface area contributed by atoms with Crippen LogP contribution < -0.4 is 0 Å². The molecular weight excluding hydrogens is 260 g/mol. The molecule has 1 aliphatic rings. The fourth-order valence-corrected chi connectivity index (χ4v) is 2.57. The van der Waals surface area contributed by atoms with E-state index < -0.39 is 11.0 Å². The zero-order valence-corrected chi connectivity index (χ0v) is 11.2. The maximum absolute atomic E-state index is 10.8. The van der Waals surface area contributed by atoms with Crippen molar-refractivity contribution in [3.63, 3.8) is 0 Å². The van der Waals surface area contributed by atoms with Crippen LogP contribution in [0, 0.1) is 16.0 Å². The number of carboxylic acid groups (broad SMARTS) is 1. The average Bonchev–Trinajstić information content (AvgIpc) is 2.46. The molecule has 0 radical (unpaired) electrons. The molecule has 6 nitrogen and oxygen atoms in total. The molecule has 1 heterocycles. The predicted octanol–water partition coefficient (Wildman–Crippen LogP) is 2.92. The molecule has 0 aromatic heterocycles. The highest BCUT2D eigenvalue weighted by atomic mass is 16.6. The van der Waals surface area contributed by atoms with Crippen LogP contribution in [0.15, 0.2) is 24.3 Å². The van der Waals surface area contributed by atoms with Crippen molar-refractivity contribution in [3.8, 4) is 0 Å². The first kappa shape index (κ1) is 14.3. The first-order valence-electron chi connectivity index (χ1n) is 6.77. The zero-order chi connectivity index (χ0) is 14.5. The molecule has 0 atom stereocenters. The molecule has 1 aromatic rings. The highest BCUT2D eigenvalue weighted by Crippen LogP contribution is 2.23. The van der Waals surface area contributed by atoms with Crippen LogP contribution in [0.25, 0.3) is 0 Å². The maximum Gasteiger partial charge on any atom is 0.407 e. The van der Waals surface area contributed by atoms with Crippen LogP contribution in [0.1, 0.15) is 24.8 Å². The topological polar surface area (TPSA) is 83.7 Å². The van der Waals surface area contributed by atoms with E-state index in [9.17, 15) is 14.9 Å². The Balaban J connectivity index is 1.78. The van der Waals surface area contributed by atoms with Crippen molar-refractivity contribution < 1.29 is 14.8 Å². The van der Waals surface area contributed by atoms with E-state index in [0.717, 1.165) is 31.2 Å². The van der Waals surface area contributed by atoms with Gasteiger partial charge in [-0.15, -0.1) is 0 Å². The van der Waals surface area contributed by atoms with Crippen LogP contribution in [-0.2, 0) is 6.42 Å². The molecule has 0 aliphatic carbocycles. The van der Waals surface area contributed by atoms with Gasteiger partial charge in [0.25, 0.3) is 5.69 Å². The van der Waals surface area contributed by atoms with Gasteiger partial charge in [-0.1, -0.05) is 12.1 Å². The maximum atomic E-state index is 10.8. The second-order valence-corrected chi connectivity index (χ2v) is 5.18. The molecule has 1 amide bonds. The number of benzene rings is 1. The number of amides is 1. The number of piperidine rings is 1. The van der Waals surface area contributed by atoms with Gasteiger partial charge in [0.2, 0.25) is 0 Å². The van der Waals surface area contributed by atoms with Crippen LogP contribution >= 0.6 is 0 Å². The van der Waals surface area contributed by atoms with E-state index in [0.29, 0.717) is 19.0 Å². The third kappa shape index (κ3) is 3.69. The Morgan fingerprint density at radius 3 is 2.40 bits per heavy atom. The van der Waals surface area contributed by atoms with Gasteiger partial charge in [-0.25, -0.2) is 4.79 Å². The van der Waals surface area contributed by atoms with Crippen molar-refractivity contribution in [2.45, 2.75) is 25.7 Å². The lowest BCUT2D eigenvalue weighted by atomic mass is 9.90. The summed E-state index contributed by atoms with van der Waals surface area (Å²) in [6.45, 7) is 1.22. The number of aryl methyl sites for hydroxylation is 1. The fraction of sp³-hybridized carbons (Fsp3) is 0.500. The van der Waals surface area contributed by atoms with Crippen molar-refractivity contribution >= 4 is 11.8 Å². The molecule has 20 heavy (non-hydrogen) atoms. The third-order valence-electron chi connectivity index (χ3n) is 3.87. The Morgan fingerprint density at radius 1 is 1.30 bits per heavy atom. The van der Waals surface area contributed by atoms with Crippen LogP contribution in [0.5, 0.6) is 0 Å². The molecule has 0 spiro atoms. The summed E-state index contributed by atoms with van der Waals surface area (Å²) in [5.41, 5.74) is 1.21. The minimum Gasteiger partial charge on any atom is -0.465 e. The summed E-state index contributed by atoms with van der Waals surface area (Å²) in [4.78, 5) is 22.4. The van der Waals surface area contributed by atoms with Gasteiger partial charge >= 0.3 is 6.09 Å². The van der Waals surface area contributed by atoms with E-state index >= 15 is 0 Å². The molecule has 1 N–H and O–H groups in total. The zero-order valence-electron chi connectivity index (χ0n) is 11.2. The summed E-state index contributed by atoms with van der Waals surface area (Å²) in [7, 11) is 0. The lowest BCUT2D eigenvalue weighted by molar-refractivity contribution is -0.384. The van der Waals surface area contributed by atoms with Gasteiger partial charge < -0.3 is 10.0 Å². The van der Waals surface area contributed by atoms with Crippen molar-refractivity contribution in [1.82, 2.24) is 4.90 Å². The fourth-order valence-electron chi connectivity index (χ4n) is 2.57. The van der Waals surface area contributed by atoms with Gasteiger partial charge in [-0.2, -0.15) is 0 Å². The van der Waals surface area contributed by atoms with E-state index in [1.807, 2.05) is 0 Å². The molecule has 1 aromatic carbocycles. The summed E-state index contributed by atoms with van der Waals surface area (Å²) in [5.74, 6) is 0.542. The van der Waals surface area contributed by atoms with E-state index in [2.05, 4.69) is 0 Å². The summed E-state index contributed by atoms with van der Waals surface area (Å²) < 4.78 is 0. The second kappa shape index (κ2) is 6.36. The molecule has 0 bridgehead atoms. The molecule has 1 fully saturated rings. The number of rotatable bonds is 4. The lowest BCUT2D eigenvalue weighted by Crippen LogP contribution is -2.37. The number of likely N-dealkylation sites (tertiary alicyclic amines) is 1. The quantitative estimate of drug-likeness (QED) is 0.678. The van der Waals surface area contributed by atoms with Crippen LogP contribution in [-0.4, -0.2) is 34.1 Å². The number of nitro groups is 1. The van der Waals surface area contributed by atoms with Gasteiger partial charge in [-0.05, 0) is 37.2 Å². The lowest BCUT2D eigenvalue weighted by Gasteiger charge is -2.29. The second-order valence-electron chi connectivity index (χ2n) is 5.18. The van der Waals surface area contributed by atoms with Crippen LogP contribution in [0.3, 0.4) is 0 Å². The standard InChI is InChI=1S/C14H18N2O4/c17-14(18)15-9-7-12(8-10-15)2-1-11-3-5-13(6-4-11)16(19)20/h3-6,12H,1-2,7-10H2,(H,17,18). The Hall–Kier alpha value is -2.11. The minimum atomic E-state index is -0.834. The van der Waals surface area contributed by atoms with Crippen molar-refractivity contribution in [1.29, 1.82) is 0 Å². The molecule has 0 unspecified atom stereocenters. The minimum absolute atomic E-state index is 0.114. The molecular formula is C14H18N2O4. The Labute approximate surface area is 117 Å². The molecule has 6 heteroatoms. The Kier molecular flexibility index (Phi) is 4.55. The van der Waals surface area contributed by atoms with E-state index in [1.54, 1.807) is 12.1 Å². The SMILES string of the molecule is O=C(O)N1CCC(CCc2ccc([N+](=O)[O-])cc2)CC1. The molecule has 1 aliphatic heterocycles. The summed E-state index contributed by atoms with van der Waals surface area (Å²) >= 11 is 0. The van der Waals surface area contributed by atoms with Crippen LogP contribution in [0.4, 0.5) is 10.5 Å². The number of hydrogen-bond donors (Lipinski definition) is 1. The molecule has 1 saturated heterocycles. The summed E-state index contributed by atoms with van der Waals surface area (Å²) in [6.07, 6.45) is 2.86. The van der Waals surface area contributed by atoms with Gasteiger partial charge in [0.1, 0.15) is 0 Å². The molecule has 0 saturated carbocycles. The van der Waals surface area contributed by atoms with Crippen molar-refractivity contribution in [2.24, 2.45) is 5.92 Å². The highest BCUT2D eigenvalue weighted by Gasteiger charge is 2.21. The van der Waals surface area contributed by atoms with E-state index in [-0.39, 0.29) is 5.69 Å². The first-order chi connectivity index (χ1) is 9.56. The largest absolute Gasteiger partial charge is 0.465 e. The average molecular weight is 278 g/mol. The predicted molar refractivity (Wildman–Crippen MR) is 73.7 cm³/mol. The first-order valence-corrected chi connectivity index (χ1v) is 6.77. The van der Waals surface area contributed by atoms with Crippen LogP contribution in [0.2, 0.25) is 0 Å². The van der Waals surface area contributed by atoms with Crippen molar-refractivity contribution in [2.75, 3.05) is 13.1 Å². The van der Waals surface area contributed by atoms with Gasteiger partial charge in [0, 0.05) is 25.2 Å². The number of nitro benzene ring substituents is 1. The molecule has 2 rings (SSSR count). The highest BCUT2D eigenvalue weighted by molar-refractivity contribution is 5.64. The summed E-state index contributed by atoms with van der Waals surface area (Å²) in [6, 6.07) is 6.65. The normalized spacial score (nSPS) is 16.1. The monoisotopic (exact) mass is 278 g/mol.